The Labute approximate surface area is 116 Å². The molecule has 4 nitrogen and oxygen atoms in total. The van der Waals surface area contributed by atoms with Gasteiger partial charge in [0.05, 0.1) is 5.69 Å². The van der Waals surface area contributed by atoms with Gasteiger partial charge in [0, 0.05) is 11.1 Å². The second-order valence-corrected chi connectivity index (χ2v) is 5.25. The Morgan fingerprint density at radius 1 is 1.40 bits per heavy atom. The number of fused-ring (bicyclic) bond motifs is 1. The first kappa shape index (κ1) is 12.8. The summed E-state index contributed by atoms with van der Waals surface area (Å²) in [5.41, 5.74) is 2.30. The van der Waals surface area contributed by atoms with Gasteiger partial charge in [-0.15, -0.1) is 0 Å². The summed E-state index contributed by atoms with van der Waals surface area (Å²) in [6, 6.07) is 5.39. The molecular weight excluding hydrogens is 259 g/mol. The number of halogens is 1. The third-order valence-electron chi connectivity index (χ3n) is 3.63. The monoisotopic (exact) mass is 274 g/mol. The Kier molecular flexibility index (Phi) is 3.26. The molecule has 3 rings (SSSR count). The van der Waals surface area contributed by atoms with Crippen LogP contribution in [0, 0.1) is 11.7 Å². The molecule has 0 saturated carbocycles. The van der Waals surface area contributed by atoms with Gasteiger partial charge in [-0.05, 0) is 49.4 Å². The molecule has 20 heavy (non-hydrogen) atoms. The molecule has 1 heterocycles. The zero-order chi connectivity index (χ0) is 14.1. The number of anilines is 1. The molecule has 0 saturated heterocycles. The summed E-state index contributed by atoms with van der Waals surface area (Å²) in [5, 5.41) is 6.72. The first-order valence-corrected chi connectivity index (χ1v) is 6.68. The number of carbonyl (C=O) groups is 1. The maximum absolute atomic E-state index is 12.8. The molecule has 1 atom stereocenters. The lowest BCUT2D eigenvalue weighted by molar-refractivity contribution is 0.102. The van der Waals surface area contributed by atoms with Crippen LogP contribution in [0.3, 0.4) is 0 Å². The highest BCUT2D eigenvalue weighted by Crippen LogP contribution is 2.30. The highest BCUT2D eigenvalue weighted by molar-refractivity contribution is 6.03. The highest BCUT2D eigenvalue weighted by Gasteiger charge is 2.24. The van der Waals surface area contributed by atoms with E-state index in [2.05, 4.69) is 17.4 Å². The number of rotatable bonds is 2. The van der Waals surface area contributed by atoms with E-state index in [0.29, 0.717) is 17.4 Å². The number of benzene rings is 1. The quantitative estimate of drug-likeness (QED) is 0.915. The fourth-order valence-corrected chi connectivity index (χ4v) is 2.46. The van der Waals surface area contributed by atoms with Gasteiger partial charge in [-0.3, -0.25) is 10.1 Å². The molecule has 0 spiro atoms. The lowest BCUT2D eigenvalue weighted by atomic mass is 9.89. The van der Waals surface area contributed by atoms with E-state index in [1.54, 1.807) is 0 Å². The number of carbonyl (C=O) groups excluding carboxylic acids is 1. The Bertz CT molecular complexity index is 634. The molecule has 1 unspecified atom stereocenters. The Morgan fingerprint density at radius 2 is 2.15 bits per heavy atom. The number of hydrogen-bond donors (Lipinski definition) is 1. The largest absolute Gasteiger partial charge is 0.338 e. The van der Waals surface area contributed by atoms with Gasteiger partial charge in [0.15, 0.2) is 0 Å². The number of nitrogens with one attached hydrogen (secondary N) is 1. The lowest BCUT2D eigenvalue weighted by Gasteiger charge is -2.16. The summed E-state index contributed by atoms with van der Waals surface area (Å²) < 4.78 is 18.1. The fraction of sp³-hybridized carbons (Fsp3) is 0.333. The van der Waals surface area contributed by atoms with E-state index in [1.165, 1.54) is 24.3 Å². The van der Waals surface area contributed by atoms with Crippen LogP contribution >= 0.6 is 0 Å². The van der Waals surface area contributed by atoms with Crippen molar-refractivity contribution in [3.63, 3.8) is 0 Å². The first-order valence-electron chi connectivity index (χ1n) is 6.68. The van der Waals surface area contributed by atoms with Crippen molar-refractivity contribution in [2.75, 3.05) is 5.32 Å². The van der Waals surface area contributed by atoms with Gasteiger partial charge in [-0.1, -0.05) is 12.1 Å². The van der Waals surface area contributed by atoms with Crippen LogP contribution in [0.2, 0.25) is 0 Å². The molecule has 0 aliphatic heterocycles. The minimum absolute atomic E-state index is 0.317. The van der Waals surface area contributed by atoms with Gasteiger partial charge < -0.3 is 4.52 Å². The standard InChI is InChI=1S/C15H15FN2O2/c1-9-2-7-13-12(8-9)15(20-18-13)17-14(19)10-3-5-11(16)6-4-10/h3-6,9H,2,7-8H2,1H3,(H,17,19). The topological polar surface area (TPSA) is 55.1 Å². The summed E-state index contributed by atoms with van der Waals surface area (Å²) in [6.07, 6.45) is 2.83. The van der Waals surface area contributed by atoms with Gasteiger partial charge in [0.2, 0.25) is 5.88 Å². The number of nitrogens with zero attached hydrogens (tertiary/aromatic N) is 1. The van der Waals surface area contributed by atoms with Crippen molar-refractivity contribution >= 4 is 11.8 Å². The molecule has 1 aromatic carbocycles. The van der Waals surface area contributed by atoms with Gasteiger partial charge >= 0.3 is 0 Å². The van der Waals surface area contributed by atoms with Crippen LogP contribution in [-0.4, -0.2) is 11.1 Å². The third kappa shape index (κ3) is 2.43. The van der Waals surface area contributed by atoms with Gasteiger partial charge in [-0.2, -0.15) is 0 Å². The number of hydrogen-bond acceptors (Lipinski definition) is 3. The average molecular weight is 274 g/mol. The Hall–Kier alpha value is -2.17. The number of amides is 1. The van der Waals surface area contributed by atoms with E-state index in [4.69, 9.17) is 4.52 Å². The van der Waals surface area contributed by atoms with E-state index in [9.17, 15) is 9.18 Å². The van der Waals surface area contributed by atoms with Gasteiger partial charge in [0.25, 0.3) is 5.91 Å². The lowest BCUT2D eigenvalue weighted by Crippen LogP contribution is -2.15. The summed E-state index contributed by atoms with van der Waals surface area (Å²) in [4.78, 5) is 12.1. The minimum atomic E-state index is -0.368. The SMILES string of the molecule is CC1CCc2noc(NC(=O)c3ccc(F)cc3)c2C1. The van der Waals surface area contributed by atoms with Crippen molar-refractivity contribution in [2.24, 2.45) is 5.92 Å². The normalized spacial score (nSPS) is 17.6. The van der Waals surface area contributed by atoms with Crippen LogP contribution in [0.4, 0.5) is 10.3 Å². The van der Waals surface area contributed by atoms with Gasteiger partial charge in [0.1, 0.15) is 5.82 Å². The van der Waals surface area contributed by atoms with Crippen molar-refractivity contribution in [2.45, 2.75) is 26.2 Å². The van der Waals surface area contributed by atoms with Crippen molar-refractivity contribution in [1.82, 2.24) is 5.16 Å². The molecule has 1 aromatic heterocycles. The zero-order valence-electron chi connectivity index (χ0n) is 11.1. The number of aryl methyl sites for hydroxylation is 1. The second kappa shape index (κ2) is 5.07. The Balaban J connectivity index is 1.80. The number of aromatic nitrogens is 1. The zero-order valence-corrected chi connectivity index (χ0v) is 11.1. The molecule has 1 amide bonds. The van der Waals surface area contributed by atoms with Crippen LogP contribution in [0.15, 0.2) is 28.8 Å². The molecular formula is C15H15FN2O2. The third-order valence-corrected chi connectivity index (χ3v) is 3.63. The maximum atomic E-state index is 12.8. The predicted octanol–water partition coefficient (Wildman–Crippen LogP) is 3.19. The van der Waals surface area contributed by atoms with Crippen molar-refractivity contribution < 1.29 is 13.7 Å². The van der Waals surface area contributed by atoms with E-state index in [1.807, 2.05) is 0 Å². The van der Waals surface area contributed by atoms with Crippen molar-refractivity contribution in [3.8, 4) is 0 Å². The summed E-state index contributed by atoms with van der Waals surface area (Å²) >= 11 is 0. The van der Waals surface area contributed by atoms with Crippen molar-refractivity contribution in [1.29, 1.82) is 0 Å². The van der Waals surface area contributed by atoms with Crippen LogP contribution in [-0.2, 0) is 12.8 Å². The Morgan fingerprint density at radius 3 is 2.90 bits per heavy atom. The van der Waals surface area contributed by atoms with Crippen LogP contribution in [0.25, 0.3) is 0 Å². The summed E-state index contributed by atoms with van der Waals surface area (Å²) in [5.74, 6) is 0.291. The fourth-order valence-electron chi connectivity index (χ4n) is 2.46. The predicted molar refractivity (Wildman–Crippen MR) is 72.0 cm³/mol. The summed E-state index contributed by atoms with van der Waals surface area (Å²) in [6.45, 7) is 2.17. The van der Waals surface area contributed by atoms with E-state index < -0.39 is 0 Å². The van der Waals surface area contributed by atoms with Crippen LogP contribution < -0.4 is 5.32 Å². The van der Waals surface area contributed by atoms with E-state index in [-0.39, 0.29) is 11.7 Å². The van der Waals surface area contributed by atoms with E-state index >= 15 is 0 Å². The van der Waals surface area contributed by atoms with Crippen LogP contribution in [0.5, 0.6) is 0 Å². The molecule has 1 aliphatic carbocycles. The van der Waals surface area contributed by atoms with Crippen molar-refractivity contribution in [3.05, 3.63) is 46.9 Å². The molecule has 1 N–H and O–H groups in total. The molecule has 104 valence electrons. The first-order chi connectivity index (χ1) is 9.63. The molecule has 1 aliphatic rings. The maximum Gasteiger partial charge on any atom is 0.258 e. The molecule has 0 fully saturated rings. The molecule has 0 bridgehead atoms. The van der Waals surface area contributed by atoms with Crippen LogP contribution in [0.1, 0.15) is 35.0 Å². The molecule has 2 aromatic rings. The van der Waals surface area contributed by atoms with E-state index in [0.717, 1.165) is 30.5 Å². The summed E-state index contributed by atoms with van der Waals surface area (Å²) in [7, 11) is 0. The average Bonchev–Trinajstić information content (AvgIpc) is 2.82. The molecule has 0 radical (unpaired) electrons. The highest BCUT2D eigenvalue weighted by atomic mass is 19.1. The van der Waals surface area contributed by atoms with Gasteiger partial charge in [-0.25, -0.2) is 4.39 Å². The second-order valence-electron chi connectivity index (χ2n) is 5.25. The molecule has 5 heteroatoms. The smallest absolute Gasteiger partial charge is 0.258 e. The minimum Gasteiger partial charge on any atom is -0.338 e.